The minimum atomic E-state index is -0.390. The van der Waals surface area contributed by atoms with Crippen molar-refractivity contribution >= 4 is 16.8 Å². The highest BCUT2D eigenvalue weighted by molar-refractivity contribution is 5.83. The van der Waals surface area contributed by atoms with Crippen LogP contribution < -0.4 is 15.6 Å². The van der Waals surface area contributed by atoms with Crippen LogP contribution in [0, 0.1) is 5.92 Å². The van der Waals surface area contributed by atoms with Gasteiger partial charge >= 0.3 is 0 Å². The quantitative estimate of drug-likeness (QED) is 0.684. The Morgan fingerprint density at radius 1 is 1.25 bits per heavy atom. The van der Waals surface area contributed by atoms with Crippen molar-refractivity contribution in [1.82, 2.24) is 14.9 Å². The molecule has 0 saturated heterocycles. The van der Waals surface area contributed by atoms with E-state index in [1.807, 2.05) is 13.8 Å². The number of methoxy groups -OCH3 is 1. The SMILES string of the molecule is COc1cccc(-c2nc3ccc(O)cc3c(=O)n2CC(=O)NCC(C)C)c1. The molecule has 3 rings (SSSR count). The molecular formula is C21H23N3O4. The molecule has 1 amide bonds. The topological polar surface area (TPSA) is 93.4 Å². The Morgan fingerprint density at radius 2 is 2.04 bits per heavy atom. The van der Waals surface area contributed by atoms with Crippen LogP contribution in [-0.2, 0) is 11.3 Å². The van der Waals surface area contributed by atoms with Gasteiger partial charge in [0.15, 0.2) is 0 Å². The lowest BCUT2D eigenvalue weighted by atomic mass is 10.1. The molecular weight excluding hydrogens is 358 g/mol. The minimum absolute atomic E-state index is 0.0312. The number of benzene rings is 2. The van der Waals surface area contributed by atoms with Crippen molar-refractivity contribution in [2.24, 2.45) is 5.92 Å². The second-order valence-corrected chi connectivity index (χ2v) is 6.96. The fourth-order valence-electron chi connectivity index (χ4n) is 2.86. The van der Waals surface area contributed by atoms with Gasteiger partial charge in [-0.1, -0.05) is 26.0 Å². The fraction of sp³-hybridized carbons (Fsp3) is 0.286. The van der Waals surface area contributed by atoms with Crippen molar-refractivity contribution < 1.29 is 14.6 Å². The molecule has 7 nitrogen and oxygen atoms in total. The Morgan fingerprint density at radius 3 is 2.75 bits per heavy atom. The number of rotatable bonds is 6. The van der Waals surface area contributed by atoms with Crippen molar-refractivity contribution in [3.63, 3.8) is 0 Å². The molecule has 0 unspecified atom stereocenters. The van der Waals surface area contributed by atoms with Crippen molar-refractivity contribution in [3.8, 4) is 22.9 Å². The number of fused-ring (bicyclic) bond motifs is 1. The van der Waals surface area contributed by atoms with Crippen LogP contribution in [0.4, 0.5) is 0 Å². The summed E-state index contributed by atoms with van der Waals surface area (Å²) in [5.74, 6) is 0.970. The third-order valence-electron chi connectivity index (χ3n) is 4.27. The summed E-state index contributed by atoms with van der Waals surface area (Å²) in [6.07, 6.45) is 0. The maximum absolute atomic E-state index is 13.1. The number of amides is 1. The molecule has 1 aromatic heterocycles. The first-order valence-electron chi connectivity index (χ1n) is 9.03. The molecule has 0 aliphatic heterocycles. The van der Waals surface area contributed by atoms with Gasteiger partial charge in [0.05, 0.1) is 18.0 Å². The molecule has 0 atom stereocenters. The zero-order valence-electron chi connectivity index (χ0n) is 16.1. The summed E-state index contributed by atoms with van der Waals surface area (Å²) in [5, 5.41) is 12.8. The van der Waals surface area contributed by atoms with E-state index < -0.39 is 5.56 Å². The van der Waals surface area contributed by atoms with Gasteiger partial charge in [-0.2, -0.15) is 0 Å². The van der Waals surface area contributed by atoms with Crippen LogP contribution in [-0.4, -0.2) is 34.2 Å². The van der Waals surface area contributed by atoms with Crippen LogP contribution in [0.15, 0.2) is 47.3 Å². The lowest BCUT2D eigenvalue weighted by Gasteiger charge is -2.15. The molecule has 7 heteroatoms. The normalized spacial score (nSPS) is 11.0. The Kier molecular flexibility index (Phi) is 5.63. The molecule has 0 aliphatic rings. The second-order valence-electron chi connectivity index (χ2n) is 6.96. The van der Waals surface area contributed by atoms with Crippen LogP contribution in [0.3, 0.4) is 0 Å². The van der Waals surface area contributed by atoms with E-state index in [0.29, 0.717) is 35.1 Å². The van der Waals surface area contributed by atoms with E-state index in [9.17, 15) is 14.7 Å². The number of hydrogen-bond acceptors (Lipinski definition) is 5. The van der Waals surface area contributed by atoms with Crippen LogP contribution in [0.25, 0.3) is 22.3 Å². The first-order chi connectivity index (χ1) is 13.4. The van der Waals surface area contributed by atoms with Crippen molar-refractivity contribution in [3.05, 3.63) is 52.8 Å². The standard InChI is InChI=1S/C21H23N3O4/c1-13(2)11-22-19(26)12-24-20(14-5-4-6-16(9-14)28-3)23-18-8-7-15(25)10-17(18)21(24)27/h4-10,13,25H,11-12H2,1-3H3,(H,22,26). The molecule has 0 fully saturated rings. The van der Waals surface area contributed by atoms with E-state index >= 15 is 0 Å². The average Bonchev–Trinajstić information content (AvgIpc) is 2.68. The Balaban J connectivity index is 2.15. The number of aromatic hydroxyl groups is 1. The summed E-state index contributed by atoms with van der Waals surface area (Å²) in [4.78, 5) is 30.1. The zero-order valence-corrected chi connectivity index (χ0v) is 16.1. The molecule has 0 spiro atoms. The number of phenolic OH excluding ortho intramolecular Hbond substituents is 1. The van der Waals surface area contributed by atoms with Crippen LogP contribution in [0.5, 0.6) is 11.5 Å². The summed E-state index contributed by atoms with van der Waals surface area (Å²) >= 11 is 0. The molecule has 0 radical (unpaired) electrons. The predicted molar refractivity (Wildman–Crippen MR) is 108 cm³/mol. The molecule has 0 saturated carbocycles. The van der Waals surface area contributed by atoms with Crippen molar-refractivity contribution in [2.75, 3.05) is 13.7 Å². The van der Waals surface area contributed by atoms with E-state index in [-0.39, 0.29) is 23.6 Å². The van der Waals surface area contributed by atoms with Gasteiger partial charge in [-0.25, -0.2) is 4.98 Å². The first-order valence-corrected chi connectivity index (χ1v) is 9.03. The van der Waals surface area contributed by atoms with Gasteiger partial charge in [-0.15, -0.1) is 0 Å². The largest absolute Gasteiger partial charge is 0.508 e. The molecule has 2 N–H and O–H groups in total. The van der Waals surface area contributed by atoms with Gasteiger partial charge < -0.3 is 15.2 Å². The van der Waals surface area contributed by atoms with Crippen LogP contribution in [0.2, 0.25) is 0 Å². The fourth-order valence-corrected chi connectivity index (χ4v) is 2.86. The van der Waals surface area contributed by atoms with Gasteiger partial charge in [0.1, 0.15) is 23.9 Å². The monoisotopic (exact) mass is 381 g/mol. The molecule has 0 aliphatic carbocycles. The summed E-state index contributed by atoms with van der Waals surface area (Å²) in [7, 11) is 1.56. The Hall–Kier alpha value is -3.35. The van der Waals surface area contributed by atoms with Gasteiger partial charge in [-0.3, -0.25) is 14.2 Å². The molecule has 2 aromatic carbocycles. The highest BCUT2D eigenvalue weighted by Gasteiger charge is 2.16. The predicted octanol–water partition coefficient (Wildman–Crippen LogP) is 2.55. The van der Waals surface area contributed by atoms with E-state index in [0.717, 1.165) is 0 Å². The molecule has 146 valence electrons. The van der Waals surface area contributed by atoms with E-state index in [4.69, 9.17) is 4.74 Å². The smallest absolute Gasteiger partial charge is 0.262 e. The van der Waals surface area contributed by atoms with Gasteiger partial charge in [0.2, 0.25) is 5.91 Å². The van der Waals surface area contributed by atoms with E-state index in [2.05, 4.69) is 10.3 Å². The third-order valence-corrected chi connectivity index (χ3v) is 4.27. The lowest BCUT2D eigenvalue weighted by Crippen LogP contribution is -2.35. The van der Waals surface area contributed by atoms with E-state index in [1.54, 1.807) is 37.4 Å². The molecule has 0 bridgehead atoms. The molecule has 3 aromatic rings. The van der Waals surface area contributed by atoms with Gasteiger partial charge in [0, 0.05) is 12.1 Å². The maximum Gasteiger partial charge on any atom is 0.262 e. The first kappa shape index (κ1) is 19.4. The van der Waals surface area contributed by atoms with Crippen LogP contribution in [0.1, 0.15) is 13.8 Å². The number of hydrogen-bond donors (Lipinski definition) is 2. The summed E-state index contributed by atoms with van der Waals surface area (Å²) in [5.41, 5.74) is 0.709. The van der Waals surface area contributed by atoms with Gasteiger partial charge in [0.25, 0.3) is 5.56 Å². The number of ether oxygens (including phenoxy) is 1. The molecule has 1 heterocycles. The highest BCUT2D eigenvalue weighted by atomic mass is 16.5. The summed E-state index contributed by atoms with van der Waals surface area (Å²) < 4.78 is 6.59. The number of carbonyl (C=O) groups is 1. The Labute approximate surface area is 162 Å². The zero-order chi connectivity index (χ0) is 20.3. The maximum atomic E-state index is 13.1. The van der Waals surface area contributed by atoms with Crippen LogP contribution >= 0.6 is 0 Å². The Bertz CT molecular complexity index is 1070. The van der Waals surface area contributed by atoms with E-state index in [1.165, 1.54) is 16.7 Å². The lowest BCUT2D eigenvalue weighted by molar-refractivity contribution is -0.121. The third kappa shape index (κ3) is 4.14. The summed E-state index contributed by atoms with van der Waals surface area (Å²) in [6, 6.07) is 11.6. The van der Waals surface area contributed by atoms with Gasteiger partial charge in [-0.05, 0) is 36.2 Å². The number of nitrogens with zero attached hydrogens (tertiary/aromatic N) is 2. The number of nitrogens with one attached hydrogen (secondary N) is 1. The second kappa shape index (κ2) is 8.12. The van der Waals surface area contributed by atoms with Crippen molar-refractivity contribution in [2.45, 2.75) is 20.4 Å². The summed E-state index contributed by atoms with van der Waals surface area (Å²) in [6.45, 7) is 4.34. The highest BCUT2D eigenvalue weighted by Crippen LogP contribution is 2.24. The average molecular weight is 381 g/mol. The minimum Gasteiger partial charge on any atom is -0.508 e. The number of phenols is 1. The van der Waals surface area contributed by atoms with Crippen molar-refractivity contribution in [1.29, 1.82) is 0 Å². The number of aromatic nitrogens is 2. The number of carbonyl (C=O) groups excluding carboxylic acids is 1. The molecule has 28 heavy (non-hydrogen) atoms.